The lowest BCUT2D eigenvalue weighted by molar-refractivity contribution is -0.137. The molecule has 0 atom stereocenters. The number of aryl methyl sites for hydroxylation is 1. The first-order valence-electron chi connectivity index (χ1n) is 10.3. The second kappa shape index (κ2) is 6.37. The fourth-order valence-electron chi connectivity index (χ4n) is 6.36. The standard InChI is InChI=1S/C21H23ClF3N3O/c1-2-16-17(28-10-14(21(23,24)25)6-15(22)18(28)26-16)19(29)27-20-7-11-3-12(8-20)5-13(4-11)9-20/h6,10-13H,2-5,7-9H2,1H3,(H,27,29). The number of carbonyl (C=O) groups is 1. The molecular formula is C21H23ClF3N3O. The molecule has 1 N–H and O–H groups in total. The van der Waals surface area contributed by atoms with E-state index in [1.54, 1.807) is 0 Å². The molecule has 4 bridgehead atoms. The lowest BCUT2D eigenvalue weighted by atomic mass is 9.53. The molecule has 4 aliphatic rings. The first kappa shape index (κ1) is 19.2. The van der Waals surface area contributed by atoms with Crippen molar-refractivity contribution in [1.29, 1.82) is 0 Å². The predicted molar refractivity (Wildman–Crippen MR) is 103 cm³/mol. The average molecular weight is 426 g/mol. The highest BCUT2D eigenvalue weighted by molar-refractivity contribution is 6.33. The van der Waals surface area contributed by atoms with Gasteiger partial charge in [0.05, 0.1) is 16.3 Å². The molecule has 4 saturated carbocycles. The van der Waals surface area contributed by atoms with Crippen LogP contribution in [0.25, 0.3) is 5.65 Å². The lowest BCUT2D eigenvalue weighted by Gasteiger charge is -2.56. The van der Waals surface area contributed by atoms with Gasteiger partial charge in [-0.05, 0) is 68.8 Å². The van der Waals surface area contributed by atoms with E-state index in [4.69, 9.17) is 11.6 Å². The van der Waals surface area contributed by atoms with E-state index in [-0.39, 0.29) is 27.8 Å². The van der Waals surface area contributed by atoms with Crippen molar-refractivity contribution in [1.82, 2.24) is 14.7 Å². The largest absolute Gasteiger partial charge is 0.417 e. The van der Waals surface area contributed by atoms with Crippen molar-refractivity contribution in [2.75, 3.05) is 0 Å². The number of imidazole rings is 1. The molecule has 2 aromatic rings. The minimum atomic E-state index is -4.55. The van der Waals surface area contributed by atoms with Crippen LogP contribution in [0.3, 0.4) is 0 Å². The molecule has 0 aromatic carbocycles. The van der Waals surface area contributed by atoms with Gasteiger partial charge in [0.25, 0.3) is 5.91 Å². The predicted octanol–water partition coefficient (Wildman–Crippen LogP) is 5.27. The highest BCUT2D eigenvalue weighted by atomic mass is 35.5. The quantitative estimate of drug-likeness (QED) is 0.728. The Bertz CT molecular complexity index is 962. The summed E-state index contributed by atoms with van der Waals surface area (Å²) in [7, 11) is 0. The summed E-state index contributed by atoms with van der Waals surface area (Å²) < 4.78 is 41.2. The van der Waals surface area contributed by atoms with E-state index in [0.717, 1.165) is 31.5 Å². The van der Waals surface area contributed by atoms with Crippen molar-refractivity contribution in [3.8, 4) is 0 Å². The third kappa shape index (κ3) is 3.13. The summed E-state index contributed by atoms with van der Waals surface area (Å²) in [5.74, 6) is 1.62. The Balaban J connectivity index is 1.55. The Kier molecular flexibility index (Phi) is 4.22. The fraction of sp³-hybridized carbons (Fsp3) is 0.619. The number of amides is 1. The van der Waals surface area contributed by atoms with Crippen LogP contribution in [0.15, 0.2) is 12.3 Å². The maximum Gasteiger partial charge on any atom is 0.417 e. The number of nitrogens with zero attached hydrogens (tertiary/aromatic N) is 2. The molecule has 4 aliphatic carbocycles. The number of hydrogen-bond donors (Lipinski definition) is 1. The number of halogens is 4. The van der Waals surface area contributed by atoms with Crippen LogP contribution in [0.1, 0.15) is 67.2 Å². The first-order chi connectivity index (χ1) is 13.7. The minimum Gasteiger partial charge on any atom is -0.345 e. The monoisotopic (exact) mass is 425 g/mol. The molecule has 8 heteroatoms. The molecule has 0 spiro atoms. The third-order valence-electron chi connectivity index (χ3n) is 7.04. The van der Waals surface area contributed by atoms with Crippen molar-refractivity contribution >= 4 is 23.2 Å². The fourth-order valence-corrected chi connectivity index (χ4v) is 6.61. The number of nitrogens with one attached hydrogen (secondary N) is 1. The molecule has 4 nitrogen and oxygen atoms in total. The van der Waals surface area contributed by atoms with E-state index in [2.05, 4.69) is 10.3 Å². The summed E-state index contributed by atoms with van der Waals surface area (Å²) in [6.07, 6.45) is 3.46. The highest BCUT2D eigenvalue weighted by Gasteiger charge is 2.51. The summed E-state index contributed by atoms with van der Waals surface area (Å²) >= 11 is 6.10. The number of aromatic nitrogens is 2. The summed E-state index contributed by atoms with van der Waals surface area (Å²) in [4.78, 5) is 17.7. The van der Waals surface area contributed by atoms with Gasteiger partial charge in [-0.3, -0.25) is 9.20 Å². The Morgan fingerprint density at radius 3 is 2.34 bits per heavy atom. The number of rotatable bonds is 3. The maximum atomic E-state index is 13.4. The van der Waals surface area contributed by atoms with E-state index in [1.165, 1.54) is 23.7 Å². The maximum absolute atomic E-state index is 13.4. The van der Waals surface area contributed by atoms with Gasteiger partial charge in [0.2, 0.25) is 0 Å². The molecule has 2 heterocycles. The van der Waals surface area contributed by atoms with Gasteiger partial charge in [0.15, 0.2) is 5.65 Å². The molecule has 6 rings (SSSR count). The highest BCUT2D eigenvalue weighted by Crippen LogP contribution is 2.55. The molecule has 0 aliphatic heterocycles. The number of alkyl halides is 3. The van der Waals surface area contributed by atoms with Gasteiger partial charge in [-0.25, -0.2) is 4.98 Å². The van der Waals surface area contributed by atoms with Crippen molar-refractivity contribution < 1.29 is 18.0 Å². The molecule has 1 amide bonds. The zero-order valence-corrected chi connectivity index (χ0v) is 16.9. The van der Waals surface area contributed by atoms with Crippen LogP contribution in [-0.2, 0) is 12.6 Å². The van der Waals surface area contributed by atoms with Gasteiger partial charge in [-0.2, -0.15) is 13.2 Å². The molecule has 4 fully saturated rings. The molecule has 2 aromatic heterocycles. The van der Waals surface area contributed by atoms with Crippen LogP contribution in [-0.4, -0.2) is 20.8 Å². The number of fused-ring (bicyclic) bond motifs is 1. The Hall–Kier alpha value is -1.76. The zero-order chi connectivity index (χ0) is 20.6. The summed E-state index contributed by atoms with van der Waals surface area (Å²) in [5.41, 5.74) is -0.294. The van der Waals surface area contributed by atoms with Gasteiger partial charge in [-0.1, -0.05) is 18.5 Å². The van der Waals surface area contributed by atoms with Crippen LogP contribution in [0, 0.1) is 17.8 Å². The number of hydrogen-bond acceptors (Lipinski definition) is 2. The second-order valence-electron chi connectivity index (χ2n) is 9.18. The van der Waals surface area contributed by atoms with Gasteiger partial charge in [0.1, 0.15) is 5.69 Å². The number of carbonyl (C=O) groups excluding carboxylic acids is 1. The van der Waals surface area contributed by atoms with E-state index < -0.39 is 11.7 Å². The summed E-state index contributed by atoms with van der Waals surface area (Å²) in [6.45, 7) is 1.84. The summed E-state index contributed by atoms with van der Waals surface area (Å²) in [5, 5.41) is 3.14. The van der Waals surface area contributed by atoms with Crippen LogP contribution in [0.2, 0.25) is 5.02 Å². The molecule has 0 saturated heterocycles. The number of pyridine rings is 1. The third-order valence-corrected chi connectivity index (χ3v) is 7.32. The van der Waals surface area contributed by atoms with Gasteiger partial charge >= 0.3 is 6.18 Å². The van der Waals surface area contributed by atoms with E-state index in [9.17, 15) is 18.0 Å². The van der Waals surface area contributed by atoms with Crippen molar-refractivity contribution in [3.05, 3.63) is 34.2 Å². The van der Waals surface area contributed by atoms with E-state index in [1.807, 2.05) is 6.92 Å². The van der Waals surface area contributed by atoms with Gasteiger partial charge in [0, 0.05) is 11.7 Å². The normalized spacial score (nSPS) is 30.9. The average Bonchev–Trinajstić information content (AvgIpc) is 2.98. The molecular weight excluding hydrogens is 403 g/mol. The van der Waals surface area contributed by atoms with Crippen LogP contribution < -0.4 is 5.32 Å². The SMILES string of the molecule is CCc1nc2c(Cl)cc(C(F)(F)F)cn2c1C(=O)NC12CC3CC(CC(C3)C1)C2. The van der Waals surface area contributed by atoms with Gasteiger partial charge < -0.3 is 5.32 Å². The second-order valence-corrected chi connectivity index (χ2v) is 9.59. The minimum absolute atomic E-state index is 0.108. The van der Waals surface area contributed by atoms with Crippen molar-refractivity contribution in [2.45, 2.75) is 63.6 Å². The molecule has 29 heavy (non-hydrogen) atoms. The lowest BCUT2D eigenvalue weighted by Crippen LogP contribution is -2.60. The van der Waals surface area contributed by atoms with Crippen molar-refractivity contribution in [2.24, 2.45) is 17.8 Å². The van der Waals surface area contributed by atoms with Crippen molar-refractivity contribution in [3.63, 3.8) is 0 Å². The van der Waals surface area contributed by atoms with E-state index >= 15 is 0 Å². The topological polar surface area (TPSA) is 46.4 Å². The van der Waals surface area contributed by atoms with Crippen LogP contribution >= 0.6 is 11.6 Å². The molecule has 0 radical (unpaired) electrons. The Morgan fingerprint density at radius 2 is 1.83 bits per heavy atom. The summed E-state index contributed by atoms with van der Waals surface area (Å²) in [6, 6.07) is 0.865. The van der Waals surface area contributed by atoms with Crippen LogP contribution in [0.5, 0.6) is 0 Å². The Labute approximate surface area is 171 Å². The van der Waals surface area contributed by atoms with Gasteiger partial charge in [-0.15, -0.1) is 0 Å². The molecule has 0 unspecified atom stereocenters. The Morgan fingerprint density at radius 1 is 1.24 bits per heavy atom. The first-order valence-corrected chi connectivity index (χ1v) is 10.7. The van der Waals surface area contributed by atoms with E-state index in [0.29, 0.717) is 29.9 Å². The zero-order valence-electron chi connectivity index (χ0n) is 16.2. The van der Waals surface area contributed by atoms with Crippen LogP contribution in [0.4, 0.5) is 13.2 Å². The molecule has 156 valence electrons. The smallest absolute Gasteiger partial charge is 0.345 e.